The van der Waals surface area contributed by atoms with Crippen molar-refractivity contribution in [3.63, 3.8) is 0 Å². The molecule has 0 spiro atoms. The first-order chi connectivity index (χ1) is 15.1. The number of nitrogens with zero attached hydrogens (tertiary/aromatic N) is 1. The number of amides is 1. The summed E-state index contributed by atoms with van der Waals surface area (Å²) in [6, 6.07) is 8.28. The number of nitrogens with one attached hydrogen (secondary N) is 3. The van der Waals surface area contributed by atoms with Crippen LogP contribution in [0.25, 0.3) is 0 Å². The van der Waals surface area contributed by atoms with Gasteiger partial charge >= 0.3 is 0 Å². The van der Waals surface area contributed by atoms with E-state index in [1.807, 2.05) is 31.2 Å². The zero-order chi connectivity index (χ0) is 22.1. The lowest BCUT2D eigenvalue weighted by Crippen LogP contribution is -2.46. The molecule has 0 saturated heterocycles. The summed E-state index contributed by atoms with van der Waals surface area (Å²) >= 11 is 0. The predicted octanol–water partition coefficient (Wildman–Crippen LogP) is 3.95. The Labute approximate surface area is 189 Å². The first-order valence-electron chi connectivity index (χ1n) is 11.9. The van der Waals surface area contributed by atoms with Gasteiger partial charge in [-0.05, 0) is 56.7 Å². The normalized spacial score (nSPS) is 23.4. The number of hydrogen-bond acceptors (Lipinski definition) is 3. The summed E-state index contributed by atoms with van der Waals surface area (Å²) in [5, 5.41) is 10.3. The van der Waals surface area contributed by atoms with Crippen LogP contribution in [0.5, 0.6) is 0 Å². The summed E-state index contributed by atoms with van der Waals surface area (Å²) in [7, 11) is -0.730. The van der Waals surface area contributed by atoms with Crippen LogP contribution in [-0.2, 0) is 22.1 Å². The van der Waals surface area contributed by atoms with Gasteiger partial charge in [-0.1, -0.05) is 38.3 Å². The Morgan fingerprint density at radius 2 is 1.94 bits per heavy atom. The lowest BCUT2D eigenvalue weighted by Gasteiger charge is -2.30. The van der Waals surface area contributed by atoms with Gasteiger partial charge in [-0.2, -0.15) is 0 Å². The van der Waals surface area contributed by atoms with E-state index in [0.717, 1.165) is 80.9 Å². The fourth-order valence-corrected chi connectivity index (χ4v) is 5.96. The summed E-state index contributed by atoms with van der Waals surface area (Å²) in [4.78, 5) is 17.2. The Bertz CT molecular complexity index is 777. The lowest BCUT2D eigenvalue weighted by atomic mass is 9.95. The van der Waals surface area contributed by atoms with Gasteiger partial charge in [0.2, 0.25) is 5.91 Å². The van der Waals surface area contributed by atoms with Crippen LogP contribution in [0.4, 0.5) is 5.69 Å². The topological polar surface area (TPSA) is 82.6 Å². The van der Waals surface area contributed by atoms with E-state index < -0.39 is 10.8 Å². The number of rotatable bonds is 8. The van der Waals surface area contributed by atoms with Crippen LogP contribution in [0, 0.1) is 5.92 Å². The minimum atomic E-state index is -0.730. The zero-order valence-electron chi connectivity index (χ0n) is 19.0. The molecular formula is C24H38N4O2S. The highest BCUT2D eigenvalue weighted by Crippen LogP contribution is 2.26. The molecule has 0 bridgehead atoms. The number of carbonyl (C=O) groups is 1. The van der Waals surface area contributed by atoms with E-state index in [4.69, 9.17) is 4.99 Å². The van der Waals surface area contributed by atoms with Crippen molar-refractivity contribution in [1.82, 2.24) is 10.6 Å². The van der Waals surface area contributed by atoms with Crippen LogP contribution in [0.3, 0.4) is 0 Å². The van der Waals surface area contributed by atoms with Crippen molar-refractivity contribution in [2.24, 2.45) is 10.9 Å². The van der Waals surface area contributed by atoms with E-state index in [-0.39, 0.29) is 11.8 Å². The highest BCUT2D eigenvalue weighted by atomic mass is 32.2. The second-order valence-corrected chi connectivity index (χ2v) is 10.7. The van der Waals surface area contributed by atoms with Gasteiger partial charge in [0.05, 0.1) is 6.54 Å². The highest BCUT2D eigenvalue weighted by Gasteiger charge is 2.26. The van der Waals surface area contributed by atoms with E-state index in [9.17, 15) is 9.00 Å². The molecule has 6 nitrogen and oxygen atoms in total. The van der Waals surface area contributed by atoms with Crippen LogP contribution in [-0.4, -0.2) is 39.7 Å². The molecule has 3 N–H and O–H groups in total. The molecule has 2 aliphatic carbocycles. The molecule has 0 aliphatic heterocycles. The van der Waals surface area contributed by atoms with Crippen LogP contribution in [0.2, 0.25) is 0 Å². The van der Waals surface area contributed by atoms with Crippen LogP contribution >= 0.6 is 0 Å². The second-order valence-electron chi connectivity index (χ2n) is 8.67. The van der Waals surface area contributed by atoms with Crippen molar-refractivity contribution in [3.05, 3.63) is 29.8 Å². The molecule has 7 heteroatoms. The van der Waals surface area contributed by atoms with E-state index in [0.29, 0.717) is 17.8 Å². The third-order valence-electron chi connectivity index (χ3n) is 6.31. The van der Waals surface area contributed by atoms with Crippen molar-refractivity contribution in [2.75, 3.05) is 17.6 Å². The van der Waals surface area contributed by atoms with Crippen molar-refractivity contribution < 1.29 is 9.00 Å². The molecule has 1 aromatic rings. The molecule has 3 unspecified atom stereocenters. The summed E-state index contributed by atoms with van der Waals surface area (Å²) in [6.45, 7) is 5.40. The molecule has 0 aromatic heterocycles. The minimum absolute atomic E-state index is 0.143. The van der Waals surface area contributed by atoms with E-state index in [1.54, 1.807) is 0 Å². The number of benzene rings is 1. The Hall–Kier alpha value is -1.89. The smallest absolute Gasteiger partial charge is 0.227 e. The van der Waals surface area contributed by atoms with Gasteiger partial charge in [-0.15, -0.1) is 0 Å². The molecule has 2 fully saturated rings. The standard InChI is InChI=1S/C24H38N4O2S/c1-3-25-24(28-21-13-8-14-22(16-21)31(30)4-2)26-17-18-9-7-12-20(15-18)27-23(29)19-10-5-6-11-19/h7,9,12,15,19,21-22H,3-6,8,10-11,13-14,16-17H2,1-2H3,(H,27,29)(H2,25,26,28). The van der Waals surface area contributed by atoms with Gasteiger partial charge in [0.1, 0.15) is 0 Å². The third kappa shape index (κ3) is 7.34. The van der Waals surface area contributed by atoms with Gasteiger partial charge in [0.25, 0.3) is 0 Å². The van der Waals surface area contributed by atoms with Crippen LogP contribution in [0.15, 0.2) is 29.3 Å². The summed E-state index contributed by atoms with van der Waals surface area (Å²) < 4.78 is 12.2. The quantitative estimate of drug-likeness (QED) is 0.417. The molecule has 3 atom stereocenters. The maximum absolute atomic E-state index is 12.4. The summed E-state index contributed by atoms with van der Waals surface area (Å²) in [5.41, 5.74) is 1.91. The molecule has 1 aromatic carbocycles. The van der Waals surface area contributed by atoms with Gasteiger partial charge in [-0.3, -0.25) is 9.00 Å². The molecule has 31 heavy (non-hydrogen) atoms. The number of aliphatic imine (C=N–C) groups is 1. The number of anilines is 1. The van der Waals surface area contributed by atoms with Crippen molar-refractivity contribution in [1.29, 1.82) is 0 Å². The fourth-order valence-electron chi connectivity index (χ4n) is 4.61. The van der Waals surface area contributed by atoms with Crippen LogP contribution in [0.1, 0.15) is 70.8 Å². The Morgan fingerprint density at radius 3 is 2.68 bits per heavy atom. The van der Waals surface area contributed by atoms with E-state index in [1.165, 1.54) is 0 Å². The maximum Gasteiger partial charge on any atom is 0.227 e. The van der Waals surface area contributed by atoms with Crippen molar-refractivity contribution in [2.45, 2.75) is 83.1 Å². The first-order valence-corrected chi connectivity index (χ1v) is 13.3. The number of guanidine groups is 1. The molecule has 3 rings (SSSR count). The monoisotopic (exact) mass is 446 g/mol. The lowest BCUT2D eigenvalue weighted by molar-refractivity contribution is -0.119. The first kappa shape index (κ1) is 23.8. The average Bonchev–Trinajstić information content (AvgIpc) is 3.33. The Morgan fingerprint density at radius 1 is 1.13 bits per heavy atom. The molecule has 0 heterocycles. The zero-order valence-corrected chi connectivity index (χ0v) is 19.8. The van der Waals surface area contributed by atoms with Crippen LogP contribution < -0.4 is 16.0 Å². The maximum atomic E-state index is 12.4. The molecule has 0 radical (unpaired) electrons. The van der Waals surface area contributed by atoms with Gasteiger partial charge < -0.3 is 16.0 Å². The third-order valence-corrected chi connectivity index (χ3v) is 8.05. The number of carbonyl (C=O) groups excluding carboxylic acids is 1. The molecule has 2 aliphatic rings. The number of hydrogen-bond donors (Lipinski definition) is 3. The fraction of sp³-hybridized carbons (Fsp3) is 0.667. The van der Waals surface area contributed by atoms with Gasteiger partial charge in [0.15, 0.2) is 5.96 Å². The SMILES string of the molecule is CCNC(=NCc1cccc(NC(=O)C2CCCC2)c1)NC1CCCC(S(=O)CC)C1. The minimum Gasteiger partial charge on any atom is -0.357 e. The molecule has 172 valence electrons. The largest absolute Gasteiger partial charge is 0.357 e. The average molecular weight is 447 g/mol. The van der Waals surface area contributed by atoms with Crippen molar-refractivity contribution >= 4 is 28.4 Å². The molecular weight excluding hydrogens is 408 g/mol. The van der Waals surface area contributed by atoms with E-state index >= 15 is 0 Å². The van der Waals surface area contributed by atoms with Gasteiger partial charge in [0, 0.05) is 46.0 Å². The Balaban J connectivity index is 1.58. The molecule has 2 saturated carbocycles. The predicted molar refractivity (Wildman–Crippen MR) is 130 cm³/mol. The van der Waals surface area contributed by atoms with Gasteiger partial charge in [-0.25, -0.2) is 4.99 Å². The van der Waals surface area contributed by atoms with Crippen molar-refractivity contribution in [3.8, 4) is 0 Å². The van der Waals surface area contributed by atoms with E-state index in [2.05, 4.69) is 22.9 Å². The summed E-state index contributed by atoms with van der Waals surface area (Å²) in [6.07, 6.45) is 8.51. The second kappa shape index (κ2) is 12.2. The Kier molecular flexibility index (Phi) is 9.37. The molecule has 1 amide bonds. The summed E-state index contributed by atoms with van der Waals surface area (Å²) in [5.74, 6) is 1.84. The highest BCUT2D eigenvalue weighted by molar-refractivity contribution is 7.85.